The highest BCUT2D eigenvalue weighted by Gasteiger charge is 2.17. The fourth-order valence-electron chi connectivity index (χ4n) is 2.32. The van der Waals surface area contributed by atoms with Gasteiger partial charge in [0.25, 0.3) is 0 Å². The SMILES string of the molecule is COc1ccc(Br)cc1C(=O)Oc1ccc(Br)c2ccccc12. The van der Waals surface area contributed by atoms with E-state index in [1.807, 2.05) is 36.4 Å². The van der Waals surface area contributed by atoms with Crippen molar-refractivity contribution in [3.05, 3.63) is 69.1 Å². The first-order valence-corrected chi connectivity index (χ1v) is 8.41. The van der Waals surface area contributed by atoms with E-state index in [0.717, 1.165) is 19.7 Å². The molecule has 0 saturated heterocycles. The number of ether oxygens (including phenoxy) is 2. The molecule has 3 aromatic rings. The lowest BCUT2D eigenvalue weighted by molar-refractivity contribution is 0.0733. The quantitative estimate of drug-likeness (QED) is 0.397. The van der Waals surface area contributed by atoms with E-state index >= 15 is 0 Å². The molecule has 23 heavy (non-hydrogen) atoms. The summed E-state index contributed by atoms with van der Waals surface area (Å²) in [4.78, 5) is 12.5. The molecule has 3 nitrogen and oxygen atoms in total. The number of carbonyl (C=O) groups is 1. The van der Waals surface area contributed by atoms with Crippen molar-refractivity contribution < 1.29 is 14.3 Å². The molecule has 0 aliphatic heterocycles. The molecule has 0 spiro atoms. The molecule has 0 N–H and O–H groups in total. The van der Waals surface area contributed by atoms with Crippen LogP contribution in [0.3, 0.4) is 0 Å². The lowest BCUT2D eigenvalue weighted by Crippen LogP contribution is -2.10. The molecular weight excluding hydrogens is 424 g/mol. The minimum atomic E-state index is -0.462. The van der Waals surface area contributed by atoms with E-state index in [2.05, 4.69) is 31.9 Å². The van der Waals surface area contributed by atoms with Crippen molar-refractivity contribution in [3.63, 3.8) is 0 Å². The van der Waals surface area contributed by atoms with Gasteiger partial charge in [-0.1, -0.05) is 56.1 Å². The van der Waals surface area contributed by atoms with Crippen molar-refractivity contribution in [3.8, 4) is 11.5 Å². The van der Waals surface area contributed by atoms with Crippen LogP contribution in [-0.4, -0.2) is 13.1 Å². The van der Waals surface area contributed by atoms with Gasteiger partial charge in [0.1, 0.15) is 17.1 Å². The first kappa shape index (κ1) is 16.0. The van der Waals surface area contributed by atoms with Gasteiger partial charge in [0.2, 0.25) is 0 Å². The Morgan fingerprint density at radius 3 is 2.35 bits per heavy atom. The van der Waals surface area contributed by atoms with Crippen LogP contribution in [0.25, 0.3) is 10.8 Å². The zero-order valence-electron chi connectivity index (χ0n) is 12.2. The molecule has 0 aliphatic carbocycles. The van der Waals surface area contributed by atoms with E-state index in [1.54, 1.807) is 18.2 Å². The Bertz CT molecular complexity index is 891. The molecule has 0 heterocycles. The molecule has 0 aromatic heterocycles. The van der Waals surface area contributed by atoms with Gasteiger partial charge in [-0.15, -0.1) is 0 Å². The predicted octanol–water partition coefficient (Wildman–Crippen LogP) is 5.59. The standard InChI is InChI=1S/C18H12Br2O3/c1-22-16-8-6-11(19)10-14(16)18(21)23-17-9-7-15(20)12-4-2-3-5-13(12)17/h2-10H,1H3. The minimum absolute atomic E-state index is 0.369. The smallest absolute Gasteiger partial charge is 0.347 e. The third-order valence-corrected chi connectivity index (χ3v) is 4.60. The van der Waals surface area contributed by atoms with Gasteiger partial charge in [-0.2, -0.15) is 0 Å². The number of rotatable bonds is 3. The molecule has 0 bridgehead atoms. The van der Waals surface area contributed by atoms with Gasteiger partial charge < -0.3 is 9.47 Å². The van der Waals surface area contributed by atoms with Crippen LogP contribution in [0.15, 0.2) is 63.5 Å². The maximum absolute atomic E-state index is 12.5. The van der Waals surface area contributed by atoms with Gasteiger partial charge in [0.15, 0.2) is 0 Å². The second-order valence-corrected chi connectivity index (χ2v) is 6.60. The second-order valence-electron chi connectivity index (χ2n) is 4.83. The Morgan fingerprint density at radius 1 is 0.913 bits per heavy atom. The van der Waals surface area contributed by atoms with E-state index in [9.17, 15) is 4.79 Å². The van der Waals surface area contributed by atoms with Crippen molar-refractivity contribution in [2.75, 3.05) is 7.11 Å². The number of benzene rings is 3. The molecule has 3 rings (SSSR count). The summed E-state index contributed by atoms with van der Waals surface area (Å²) in [6, 6.07) is 16.6. The fourth-order valence-corrected chi connectivity index (χ4v) is 3.16. The van der Waals surface area contributed by atoms with E-state index in [1.165, 1.54) is 7.11 Å². The highest BCUT2D eigenvalue weighted by molar-refractivity contribution is 9.11. The number of hydrogen-bond donors (Lipinski definition) is 0. The second kappa shape index (κ2) is 6.72. The Hall–Kier alpha value is -1.85. The Kier molecular flexibility index (Phi) is 4.68. The van der Waals surface area contributed by atoms with Crippen LogP contribution in [-0.2, 0) is 0 Å². The van der Waals surface area contributed by atoms with Gasteiger partial charge in [-0.25, -0.2) is 4.79 Å². The summed E-state index contributed by atoms with van der Waals surface area (Å²) < 4.78 is 12.6. The van der Waals surface area contributed by atoms with E-state index in [-0.39, 0.29) is 0 Å². The van der Waals surface area contributed by atoms with Crippen molar-refractivity contribution >= 4 is 48.6 Å². The van der Waals surface area contributed by atoms with Crippen LogP contribution >= 0.6 is 31.9 Å². The largest absolute Gasteiger partial charge is 0.496 e. The van der Waals surface area contributed by atoms with Crippen LogP contribution in [0.1, 0.15) is 10.4 Å². The van der Waals surface area contributed by atoms with Crippen LogP contribution in [0.2, 0.25) is 0 Å². The average molecular weight is 436 g/mol. The molecular formula is C18H12Br2O3. The van der Waals surface area contributed by atoms with Crippen LogP contribution in [0.5, 0.6) is 11.5 Å². The van der Waals surface area contributed by atoms with Crippen LogP contribution in [0, 0.1) is 0 Å². The molecule has 116 valence electrons. The summed E-state index contributed by atoms with van der Waals surface area (Å²) in [6.45, 7) is 0. The highest BCUT2D eigenvalue weighted by Crippen LogP contribution is 2.33. The zero-order valence-corrected chi connectivity index (χ0v) is 15.3. The number of methoxy groups -OCH3 is 1. The molecule has 0 radical (unpaired) electrons. The molecule has 5 heteroatoms. The van der Waals surface area contributed by atoms with Crippen molar-refractivity contribution in [2.45, 2.75) is 0 Å². The van der Waals surface area contributed by atoms with E-state index in [0.29, 0.717) is 17.1 Å². The lowest BCUT2D eigenvalue weighted by Gasteiger charge is -2.11. The molecule has 0 aliphatic rings. The van der Waals surface area contributed by atoms with E-state index in [4.69, 9.17) is 9.47 Å². The molecule has 0 atom stereocenters. The van der Waals surface area contributed by atoms with Crippen LogP contribution in [0.4, 0.5) is 0 Å². The summed E-state index contributed by atoms with van der Waals surface area (Å²) in [5, 5.41) is 1.85. The van der Waals surface area contributed by atoms with Gasteiger partial charge in [0, 0.05) is 14.3 Å². The highest BCUT2D eigenvalue weighted by atomic mass is 79.9. The molecule has 0 unspecified atom stereocenters. The summed E-state index contributed by atoms with van der Waals surface area (Å²) >= 11 is 6.87. The molecule has 0 fully saturated rings. The van der Waals surface area contributed by atoms with Crippen molar-refractivity contribution in [1.82, 2.24) is 0 Å². The monoisotopic (exact) mass is 434 g/mol. The number of hydrogen-bond acceptors (Lipinski definition) is 3. The summed E-state index contributed by atoms with van der Waals surface area (Å²) in [5.41, 5.74) is 0.369. The van der Waals surface area contributed by atoms with Crippen molar-refractivity contribution in [1.29, 1.82) is 0 Å². The van der Waals surface area contributed by atoms with Crippen molar-refractivity contribution in [2.24, 2.45) is 0 Å². The first-order chi connectivity index (χ1) is 11.1. The Balaban J connectivity index is 2.01. The molecule has 0 amide bonds. The third-order valence-electron chi connectivity index (χ3n) is 3.41. The Morgan fingerprint density at radius 2 is 1.61 bits per heavy atom. The normalized spacial score (nSPS) is 10.6. The number of fused-ring (bicyclic) bond motifs is 1. The topological polar surface area (TPSA) is 35.5 Å². The average Bonchev–Trinajstić information content (AvgIpc) is 2.57. The van der Waals surface area contributed by atoms with Gasteiger partial charge in [-0.05, 0) is 35.7 Å². The minimum Gasteiger partial charge on any atom is -0.496 e. The molecule has 0 saturated carbocycles. The van der Waals surface area contributed by atoms with Gasteiger partial charge in [0.05, 0.1) is 7.11 Å². The van der Waals surface area contributed by atoms with Gasteiger partial charge >= 0.3 is 5.97 Å². The first-order valence-electron chi connectivity index (χ1n) is 6.83. The third kappa shape index (κ3) is 3.26. The van der Waals surface area contributed by atoms with Gasteiger partial charge in [-0.3, -0.25) is 0 Å². The number of esters is 1. The maximum atomic E-state index is 12.5. The lowest BCUT2D eigenvalue weighted by atomic mass is 10.1. The number of carbonyl (C=O) groups excluding carboxylic acids is 1. The zero-order chi connectivity index (χ0) is 16.4. The number of halogens is 2. The molecule has 3 aromatic carbocycles. The summed E-state index contributed by atoms with van der Waals surface area (Å²) in [7, 11) is 1.52. The summed E-state index contributed by atoms with van der Waals surface area (Å²) in [6.07, 6.45) is 0. The summed E-state index contributed by atoms with van der Waals surface area (Å²) in [5.74, 6) is 0.520. The maximum Gasteiger partial charge on any atom is 0.347 e. The predicted molar refractivity (Wildman–Crippen MR) is 97.3 cm³/mol. The Labute approximate surface area is 150 Å². The van der Waals surface area contributed by atoms with E-state index < -0.39 is 5.97 Å². The van der Waals surface area contributed by atoms with Crippen LogP contribution < -0.4 is 9.47 Å². The fraction of sp³-hybridized carbons (Fsp3) is 0.0556.